The van der Waals surface area contributed by atoms with E-state index in [1.165, 1.54) is 0 Å². The molecule has 3 aromatic rings. The van der Waals surface area contributed by atoms with Crippen molar-refractivity contribution in [1.82, 2.24) is 14.7 Å². The molecular weight excluding hydrogens is 546 g/mol. The van der Waals surface area contributed by atoms with Crippen molar-refractivity contribution in [2.45, 2.75) is 52.1 Å². The number of hydrogen-bond acceptors (Lipinski definition) is 7. The Labute approximate surface area is 243 Å². The summed E-state index contributed by atoms with van der Waals surface area (Å²) >= 11 is 6.46. The van der Waals surface area contributed by atoms with Crippen LogP contribution in [0.15, 0.2) is 36.4 Å². The summed E-state index contributed by atoms with van der Waals surface area (Å²) in [4.78, 5) is 40.6. The minimum absolute atomic E-state index is 0.192. The number of carbonyl (C=O) groups excluding carboxylic acids is 3. The largest absolute Gasteiger partial charge is 0.448 e. The normalized spacial score (nSPS) is 17.1. The van der Waals surface area contributed by atoms with Gasteiger partial charge in [0, 0.05) is 29.1 Å². The number of ether oxygens (including phenoxy) is 2. The number of anilines is 1. The molecule has 0 unspecified atom stereocenters. The summed E-state index contributed by atoms with van der Waals surface area (Å²) in [5.41, 5.74) is 1.59. The van der Waals surface area contributed by atoms with E-state index in [-0.39, 0.29) is 18.3 Å². The first kappa shape index (κ1) is 28.4. The van der Waals surface area contributed by atoms with Gasteiger partial charge in [-0.3, -0.25) is 4.79 Å². The molecule has 2 amide bonds. The fraction of sp³-hybridized carbons (Fsp3) is 0.433. The first-order valence-corrected chi connectivity index (χ1v) is 14.1. The average molecular weight is 578 g/mol. The molecule has 0 radical (unpaired) electrons. The number of nitrogens with one attached hydrogen (secondary N) is 1. The lowest BCUT2D eigenvalue weighted by Gasteiger charge is -2.33. The van der Waals surface area contributed by atoms with Crippen LogP contribution in [-0.4, -0.2) is 58.1 Å². The van der Waals surface area contributed by atoms with Crippen LogP contribution in [0.2, 0.25) is 5.02 Å². The molecule has 41 heavy (non-hydrogen) atoms. The molecule has 0 spiro atoms. The van der Waals surface area contributed by atoms with Crippen LogP contribution in [0.25, 0.3) is 22.0 Å². The quantitative estimate of drug-likeness (QED) is 0.382. The van der Waals surface area contributed by atoms with Gasteiger partial charge in [0.25, 0.3) is 0 Å². The van der Waals surface area contributed by atoms with Gasteiger partial charge in [-0.15, -0.1) is 5.10 Å². The molecule has 2 fully saturated rings. The van der Waals surface area contributed by atoms with Crippen molar-refractivity contribution in [2.24, 2.45) is 11.8 Å². The predicted octanol–water partition coefficient (Wildman–Crippen LogP) is 6.21. The number of likely N-dealkylation sites (tertiary alicyclic amines) is 1. The van der Waals surface area contributed by atoms with Crippen LogP contribution in [0.4, 0.5) is 15.4 Å². The third-order valence-electron chi connectivity index (χ3n) is 7.08. The first-order chi connectivity index (χ1) is 19.5. The lowest BCUT2D eigenvalue weighted by molar-refractivity contribution is -0.121. The predicted molar refractivity (Wildman–Crippen MR) is 154 cm³/mol. The Kier molecular flexibility index (Phi) is 7.91. The fourth-order valence-corrected chi connectivity index (χ4v) is 5.00. The molecule has 1 aliphatic carbocycles. The summed E-state index contributed by atoms with van der Waals surface area (Å²) in [5.74, 6) is -0.230. The molecule has 0 bridgehead atoms. The number of benzene rings is 2. The standard InChI is InChI=1S/C30H32ClN5O5/c1-30(2,3)41-28(38)35-12-4-5-21(16-35)27(37)33-26-23-14-20(22-13-19(15-32)8-10-24(22)31)9-11-25(23)36(34-26)29(39)40-17-18-6-7-18/h8-11,13-14,18,21H,4-7,12,16-17H2,1-3H3,(H,33,34,37)/t21-/m1/s1. The highest BCUT2D eigenvalue weighted by Crippen LogP contribution is 2.34. The summed E-state index contributed by atoms with van der Waals surface area (Å²) in [6.45, 7) is 6.44. The molecule has 2 aromatic carbocycles. The second kappa shape index (κ2) is 11.4. The third kappa shape index (κ3) is 6.63. The first-order valence-electron chi connectivity index (χ1n) is 13.7. The highest BCUT2D eigenvalue weighted by molar-refractivity contribution is 6.33. The van der Waals surface area contributed by atoms with E-state index in [1.54, 1.807) is 62.1 Å². The molecule has 1 saturated carbocycles. The van der Waals surface area contributed by atoms with Crippen molar-refractivity contribution in [2.75, 3.05) is 25.0 Å². The molecule has 10 nitrogen and oxygen atoms in total. The van der Waals surface area contributed by atoms with Crippen LogP contribution in [0.5, 0.6) is 0 Å². The molecule has 2 aliphatic rings. The second-order valence-electron chi connectivity index (χ2n) is 11.6. The Balaban J connectivity index is 1.44. The molecule has 5 rings (SSSR count). The van der Waals surface area contributed by atoms with E-state index in [4.69, 9.17) is 21.1 Å². The topological polar surface area (TPSA) is 127 Å². The SMILES string of the molecule is CC(C)(C)OC(=O)N1CCC[C@@H](C(=O)Nc2nn(C(=O)OCC3CC3)c3ccc(-c4cc(C#N)ccc4Cl)cc23)C1. The van der Waals surface area contributed by atoms with Gasteiger partial charge in [-0.2, -0.15) is 9.94 Å². The Bertz CT molecular complexity index is 1550. The monoisotopic (exact) mass is 577 g/mol. The average Bonchev–Trinajstić information content (AvgIpc) is 3.71. The van der Waals surface area contributed by atoms with E-state index in [0.717, 1.165) is 17.5 Å². The molecule has 1 saturated heterocycles. The van der Waals surface area contributed by atoms with Crippen molar-refractivity contribution >= 4 is 46.4 Å². The van der Waals surface area contributed by atoms with Gasteiger partial charge in [0.05, 0.1) is 29.7 Å². The fourth-order valence-electron chi connectivity index (χ4n) is 4.77. The minimum atomic E-state index is -0.639. The summed E-state index contributed by atoms with van der Waals surface area (Å²) in [7, 11) is 0. The Hall–Kier alpha value is -4.10. The van der Waals surface area contributed by atoms with Crippen molar-refractivity contribution in [3.05, 3.63) is 47.0 Å². The van der Waals surface area contributed by atoms with Crippen LogP contribution in [0, 0.1) is 23.2 Å². The molecule has 2 heterocycles. The van der Waals surface area contributed by atoms with E-state index in [1.807, 2.05) is 0 Å². The molecule has 1 atom stereocenters. The van der Waals surface area contributed by atoms with Crippen LogP contribution >= 0.6 is 11.6 Å². The molecule has 11 heteroatoms. The molecule has 214 valence electrons. The number of halogens is 1. The van der Waals surface area contributed by atoms with Crippen LogP contribution in [0.3, 0.4) is 0 Å². The Morgan fingerprint density at radius 2 is 1.90 bits per heavy atom. The maximum Gasteiger partial charge on any atom is 0.435 e. The van der Waals surface area contributed by atoms with E-state index >= 15 is 0 Å². The second-order valence-corrected chi connectivity index (χ2v) is 12.0. The van der Waals surface area contributed by atoms with Gasteiger partial charge in [0.1, 0.15) is 5.60 Å². The van der Waals surface area contributed by atoms with Gasteiger partial charge in [-0.05, 0) is 88.3 Å². The van der Waals surface area contributed by atoms with Gasteiger partial charge >= 0.3 is 12.2 Å². The number of aromatic nitrogens is 2. The maximum absolute atomic E-state index is 13.4. The summed E-state index contributed by atoms with van der Waals surface area (Å²) in [6, 6.07) is 12.4. The summed E-state index contributed by atoms with van der Waals surface area (Å²) < 4.78 is 12.1. The number of nitrogens with zero attached hydrogens (tertiary/aromatic N) is 4. The van der Waals surface area contributed by atoms with Gasteiger partial charge in [0.15, 0.2) is 5.82 Å². The maximum atomic E-state index is 13.4. The number of nitriles is 1. The zero-order chi connectivity index (χ0) is 29.3. The summed E-state index contributed by atoms with van der Waals surface area (Å²) in [5, 5.41) is 17.7. The van der Waals surface area contributed by atoms with E-state index < -0.39 is 23.7 Å². The summed E-state index contributed by atoms with van der Waals surface area (Å²) in [6.07, 6.45) is 2.22. The molecular formula is C30H32ClN5O5. The zero-order valence-electron chi connectivity index (χ0n) is 23.3. The van der Waals surface area contributed by atoms with Gasteiger partial charge in [-0.25, -0.2) is 9.59 Å². The number of rotatable bonds is 5. The van der Waals surface area contributed by atoms with E-state index in [9.17, 15) is 19.6 Å². The van der Waals surface area contributed by atoms with Crippen molar-refractivity contribution in [3.8, 4) is 17.2 Å². The number of piperidine rings is 1. The van der Waals surface area contributed by atoms with Crippen LogP contribution in [0.1, 0.15) is 52.0 Å². The number of carbonyl (C=O) groups is 3. The highest BCUT2D eigenvalue weighted by Gasteiger charge is 2.32. The van der Waals surface area contributed by atoms with Gasteiger partial charge in [-0.1, -0.05) is 17.7 Å². The van der Waals surface area contributed by atoms with Crippen molar-refractivity contribution < 1.29 is 23.9 Å². The lowest BCUT2D eigenvalue weighted by atomic mass is 9.97. The van der Waals surface area contributed by atoms with Gasteiger partial charge < -0.3 is 19.7 Å². The number of fused-ring (bicyclic) bond motifs is 1. The minimum Gasteiger partial charge on any atom is -0.448 e. The van der Waals surface area contributed by atoms with Gasteiger partial charge in [0.2, 0.25) is 5.91 Å². The number of amides is 2. The highest BCUT2D eigenvalue weighted by atomic mass is 35.5. The van der Waals surface area contributed by atoms with Crippen molar-refractivity contribution in [3.63, 3.8) is 0 Å². The molecule has 1 aromatic heterocycles. The van der Waals surface area contributed by atoms with Crippen molar-refractivity contribution in [1.29, 1.82) is 5.26 Å². The van der Waals surface area contributed by atoms with Crippen LogP contribution < -0.4 is 5.32 Å². The van der Waals surface area contributed by atoms with E-state index in [2.05, 4.69) is 16.5 Å². The molecule has 1 N–H and O–H groups in total. The van der Waals surface area contributed by atoms with E-state index in [0.29, 0.717) is 64.5 Å². The Morgan fingerprint density at radius 1 is 1.12 bits per heavy atom. The smallest absolute Gasteiger partial charge is 0.435 e. The third-order valence-corrected chi connectivity index (χ3v) is 7.41. The Morgan fingerprint density at radius 3 is 2.61 bits per heavy atom. The zero-order valence-corrected chi connectivity index (χ0v) is 24.0. The molecule has 1 aliphatic heterocycles. The van der Waals surface area contributed by atoms with Crippen LogP contribution in [-0.2, 0) is 14.3 Å². The number of hydrogen-bond donors (Lipinski definition) is 1. The lowest BCUT2D eigenvalue weighted by Crippen LogP contribution is -2.45.